The van der Waals surface area contributed by atoms with Crippen LogP contribution in [0.2, 0.25) is 0 Å². The number of carbonyl (C=O) groups excluding carboxylic acids is 1. The van der Waals surface area contributed by atoms with E-state index >= 15 is 0 Å². The van der Waals surface area contributed by atoms with Gasteiger partial charge in [-0.15, -0.1) is 12.4 Å². The third-order valence-electron chi connectivity index (χ3n) is 3.78. The molecule has 0 saturated carbocycles. The normalized spacial score (nSPS) is 18.8. The molecule has 2 aromatic rings. The molecular weight excluding hydrogens is 302 g/mol. The molecule has 3 N–H and O–H groups in total. The van der Waals surface area contributed by atoms with Crippen LogP contribution in [0.1, 0.15) is 31.6 Å². The highest BCUT2D eigenvalue weighted by Gasteiger charge is 2.33. The minimum Gasteiger partial charge on any atom is -0.331 e. The predicted octanol–water partition coefficient (Wildman–Crippen LogP) is 1.90. The summed E-state index contributed by atoms with van der Waals surface area (Å²) in [6.07, 6.45) is 1.85. The molecule has 2 atom stereocenters. The molecule has 1 aromatic heterocycles. The van der Waals surface area contributed by atoms with Gasteiger partial charge in [0.25, 0.3) is 0 Å². The minimum atomic E-state index is -0.484. The summed E-state index contributed by atoms with van der Waals surface area (Å²) in [4.78, 5) is 18.5. The number of likely N-dealkylation sites (tertiary alicyclic amines) is 1. The Morgan fingerprint density at radius 2 is 2.14 bits per heavy atom. The molecule has 1 amide bonds. The number of carbonyl (C=O) groups is 1. The lowest BCUT2D eigenvalue weighted by Crippen LogP contribution is -2.41. The lowest BCUT2D eigenvalue weighted by Gasteiger charge is -2.24. The van der Waals surface area contributed by atoms with Gasteiger partial charge >= 0.3 is 0 Å². The van der Waals surface area contributed by atoms with Crippen molar-refractivity contribution in [1.29, 1.82) is 0 Å². The van der Waals surface area contributed by atoms with Crippen LogP contribution in [0, 0.1) is 0 Å². The van der Waals surface area contributed by atoms with E-state index in [-0.39, 0.29) is 24.4 Å². The molecule has 1 aliphatic heterocycles. The van der Waals surface area contributed by atoms with E-state index in [0.29, 0.717) is 5.82 Å². The average Bonchev–Trinajstić information content (AvgIpc) is 3.16. The number of nitrogens with two attached hydrogens (primary N) is 1. The van der Waals surface area contributed by atoms with Crippen LogP contribution in [0.4, 0.5) is 0 Å². The number of amides is 1. The first-order valence-corrected chi connectivity index (χ1v) is 7.20. The lowest BCUT2D eigenvalue weighted by molar-refractivity contribution is -0.133. The zero-order valence-corrected chi connectivity index (χ0v) is 13.2. The number of nitrogens with zero attached hydrogens (tertiary/aromatic N) is 3. The van der Waals surface area contributed by atoms with Crippen molar-refractivity contribution >= 4 is 18.3 Å². The van der Waals surface area contributed by atoms with E-state index < -0.39 is 6.04 Å². The first kappa shape index (κ1) is 16.5. The summed E-state index contributed by atoms with van der Waals surface area (Å²) in [6.45, 7) is 2.44. The van der Waals surface area contributed by atoms with Gasteiger partial charge in [0.1, 0.15) is 5.82 Å². The predicted molar refractivity (Wildman–Crippen MR) is 86.4 cm³/mol. The summed E-state index contributed by atoms with van der Waals surface area (Å²) in [5.74, 6) is 1.36. The minimum absolute atomic E-state index is 0. The molecule has 1 saturated heterocycles. The number of H-pyrrole nitrogens is 1. The summed E-state index contributed by atoms with van der Waals surface area (Å²) in [7, 11) is 0. The second-order valence-corrected chi connectivity index (χ2v) is 5.39. The molecular formula is C15H20ClN5O. The Morgan fingerprint density at radius 3 is 2.82 bits per heavy atom. The van der Waals surface area contributed by atoms with Crippen molar-refractivity contribution < 1.29 is 4.79 Å². The fourth-order valence-electron chi connectivity index (χ4n) is 2.72. The summed E-state index contributed by atoms with van der Waals surface area (Å²) in [5, 5.41) is 7.24. The van der Waals surface area contributed by atoms with Crippen molar-refractivity contribution in [2.45, 2.75) is 31.8 Å². The van der Waals surface area contributed by atoms with E-state index in [1.54, 1.807) is 11.8 Å². The molecule has 3 rings (SSSR count). The van der Waals surface area contributed by atoms with E-state index in [1.165, 1.54) is 0 Å². The molecule has 22 heavy (non-hydrogen) atoms. The Labute approximate surface area is 135 Å². The van der Waals surface area contributed by atoms with Gasteiger partial charge in [0.2, 0.25) is 5.91 Å². The molecule has 0 aliphatic carbocycles. The maximum atomic E-state index is 12.1. The first-order chi connectivity index (χ1) is 10.2. The first-order valence-electron chi connectivity index (χ1n) is 7.20. The maximum absolute atomic E-state index is 12.1. The van der Waals surface area contributed by atoms with E-state index in [4.69, 9.17) is 5.73 Å². The molecule has 1 fully saturated rings. The Hall–Kier alpha value is -1.92. The summed E-state index contributed by atoms with van der Waals surface area (Å²) in [6, 6.07) is 9.26. The van der Waals surface area contributed by atoms with Crippen LogP contribution in [0.5, 0.6) is 0 Å². The van der Waals surface area contributed by atoms with Crippen molar-refractivity contribution in [3.63, 3.8) is 0 Å². The number of nitrogens with one attached hydrogen (secondary N) is 1. The van der Waals surface area contributed by atoms with Gasteiger partial charge in [0, 0.05) is 12.1 Å². The van der Waals surface area contributed by atoms with Gasteiger partial charge in [0.05, 0.1) is 12.1 Å². The fraction of sp³-hybridized carbons (Fsp3) is 0.400. The highest BCUT2D eigenvalue weighted by atomic mass is 35.5. The molecule has 1 aliphatic rings. The smallest absolute Gasteiger partial charge is 0.239 e. The monoisotopic (exact) mass is 321 g/mol. The lowest BCUT2D eigenvalue weighted by atomic mass is 10.2. The van der Waals surface area contributed by atoms with Crippen LogP contribution in [-0.4, -0.2) is 38.6 Å². The number of rotatable bonds is 3. The summed E-state index contributed by atoms with van der Waals surface area (Å²) >= 11 is 0. The molecule has 0 radical (unpaired) electrons. The zero-order valence-electron chi connectivity index (χ0n) is 12.4. The van der Waals surface area contributed by atoms with Gasteiger partial charge in [0.15, 0.2) is 5.82 Å². The van der Waals surface area contributed by atoms with Crippen LogP contribution in [-0.2, 0) is 4.79 Å². The Kier molecular flexibility index (Phi) is 5.15. The largest absolute Gasteiger partial charge is 0.331 e. The van der Waals surface area contributed by atoms with Crippen molar-refractivity contribution in [3.05, 3.63) is 36.2 Å². The third kappa shape index (κ3) is 3.13. The molecule has 0 bridgehead atoms. The van der Waals surface area contributed by atoms with Gasteiger partial charge in [-0.25, -0.2) is 4.98 Å². The van der Waals surface area contributed by atoms with Crippen molar-refractivity contribution in [1.82, 2.24) is 20.1 Å². The van der Waals surface area contributed by atoms with Crippen LogP contribution in [0.3, 0.4) is 0 Å². The number of halogens is 1. The average molecular weight is 322 g/mol. The van der Waals surface area contributed by atoms with Crippen LogP contribution >= 0.6 is 12.4 Å². The molecule has 7 heteroatoms. The quantitative estimate of drug-likeness (QED) is 0.903. The molecule has 6 nitrogen and oxygen atoms in total. The Morgan fingerprint density at radius 1 is 1.41 bits per heavy atom. The topological polar surface area (TPSA) is 87.9 Å². The molecule has 2 heterocycles. The number of hydrogen-bond acceptors (Lipinski definition) is 4. The number of benzene rings is 1. The van der Waals surface area contributed by atoms with E-state index in [0.717, 1.165) is 30.8 Å². The highest BCUT2D eigenvalue weighted by Crippen LogP contribution is 2.31. The Bertz CT molecular complexity index is 628. The van der Waals surface area contributed by atoms with E-state index in [1.807, 2.05) is 30.3 Å². The van der Waals surface area contributed by atoms with Crippen LogP contribution in [0.25, 0.3) is 11.4 Å². The van der Waals surface area contributed by atoms with Gasteiger partial charge in [-0.05, 0) is 19.8 Å². The highest BCUT2D eigenvalue weighted by molar-refractivity contribution is 5.85. The number of aromatic amines is 1. The molecule has 1 aromatic carbocycles. The molecule has 118 valence electrons. The van der Waals surface area contributed by atoms with Gasteiger partial charge in [-0.3, -0.25) is 9.89 Å². The van der Waals surface area contributed by atoms with Gasteiger partial charge in [-0.2, -0.15) is 5.10 Å². The second kappa shape index (κ2) is 6.89. The SMILES string of the molecule is C[C@@H](N)C(=O)N1CCCC1c1nc(-c2ccccc2)n[nH]1.Cl. The van der Waals surface area contributed by atoms with Gasteiger partial charge in [-0.1, -0.05) is 30.3 Å². The molecule has 1 unspecified atom stereocenters. The van der Waals surface area contributed by atoms with Crippen molar-refractivity contribution in [3.8, 4) is 11.4 Å². The van der Waals surface area contributed by atoms with Crippen LogP contribution < -0.4 is 5.73 Å². The zero-order chi connectivity index (χ0) is 14.8. The Balaban J connectivity index is 0.00000176. The van der Waals surface area contributed by atoms with E-state index in [2.05, 4.69) is 15.2 Å². The third-order valence-corrected chi connectivity index (χ3v) is 3.78. The van der Waals surface area contributed by atoms with Crippen molar-refractivity contribution in [2.24, 2.45) is 5.73 Å². The summed E-state index contributed by atoms with van der Waals surface area (Å²) in [5.41, 5.74) is 6.68. The van der Waals surface area contributed by atoms with Crippen LogP contribution in [0.15, 0.2) is 30.3 Å². The molecule has 0 spiro atoms. The fourth-order valence-corrected chi connectivity index (χ4v) is 2.72. The van der Waals surface area contributed by atoms with Crippen molar-refractivity contribution in [2.75, 3.05) is 6.54 Å². The summed E-state index contributed by atoms with van der Waals surface area (Å²) < 4.78 is 0. The van der Waals surface area contributed by atoms with E-state index in [9.17, 15) is 4.79 Å². The number of aromatic nitrogens is 3. The maximum Gasteiger partial charge on any atom is 0.239 e. The number of hydrogen-bond donors (Lipinski definition) is 2. The van der Waals surface area contributed by atoms with Gasteiger partial charge < -0.3 is 10.6 Å². The second-order valence-electron chi connectivity index (χ2n) is 5.39. The standard InChI is InChI=1S/C15H19N5O.ClH/c1-10(16)15(21)20-9-5-8-12(20)14-17-13(18-19-14)11-6-3-2-4-7-11;/h2-4,6-7,10,12H,5,8-9,16H2,1H3,(H,17,18,19);1H/t10-,12?;/m1./s1.